The Kier molecular flexibility index (Phi) is 5.00. The minimum absolute atomic E-state index is 0.279. The highest BCUT2D eigenvalue weighted by atomic mass is 32.1. The average Bonchev–Trinajstić information content (AvgIpc) is 3.31. The summed E-state index contributed by atoms with van der Waals surface area (Å²) in [6, 6.07) is 14.9. The highest BCUT2D eigenvalue weighted by molar-refractivity contribution is 7.12. The van der Waals surface area contributed by atoms with Gasteiger partial charge in [0.1, 0.15) is 4.88 Å². The van der Waals surface area contributed by atoms with Gasteiger partial charge in [-0.3, -0.25) is 4.79 Å². The number of thiophene rings is 1. The molecule has 0 saturated heterocycles. The van der Waals surface area contributed by atoms with Crippen LogP contribution in [0.5, 0.6) is 0 Å². The molecule has 2 heterocycles. The molecule has 0 aliphatic carbocycles. The number of carbonyl (C=O) groups excluding carboxylic acids is 2. The number of hydrogen-bond donors (Lipinski definition) is 0. The van der Waals surface area contributed by atoms with Crippen molar-refractivity contribution >= 4 is 28.9 Å². The average molecular weight is 354 g/mol. The highest BCUT2D eigenvalue weighted by Crippen LogP contribution is 2.23. The molecule has 0 aliphatic heterocycles. The third-order valence-corrected chi connectivity index (χ3v) is 4.70. The molecule has 0 aliphatic rings. The lowest BCUT2D eigenvalue weighted by atomic mass is 10.2. The van der Waals surface area contributed by atoms with Gasteiger partial charge in [0.25, 0.3) is 5.91 Å². The van der Waals surface area contributed by atoms with Gasteiger partial charge in [-0.1, -0.05) is 18.2 Å². The van der Waals surface area contributed by atoms with Gasteiger partial charge in [-0.15, -0.1) is 11.3 Å². The number of aromatic nitrogens is 1. The first-order chi connectivity index (χ1) is 12.1. The number of carbonyl (C=O) groups is 2. The van der Waals surface area contributed by atoms with Crippen molar-refractivity contribution in [2.45, 2.75) is 13.0 Å². The zero-order valence-electron chi connectivity index (χ0n) is 14.0. The molecule has 1 atom stereocenters. The maximum atomic E-state index is 12.5. The summed E-state index contributed by atoms with van der Waals surface area (Å²) in [5.74, 6) is -0.778. The Morgan fingerprint density at radius 2 is 1.76 bits per heavy atom. The van der Waals surface area contributed by atoms with Gasteiger partial charge in [-0.05, 0) is 42.6 Å². The minimum Gasteiger partial charge on any atom is -0.448 e. The topological polar surface area (TPSA) is 51.5 Å². The molecule has 5 nitrogen and oxygen atoms in total. The van der Waals surface area contributed by atoms with Crippen LogP contribution in [0.1, 0.15) is 16.6 Å². The maximum absolute atomic E-state index is 12.5. The molecule has 0 N–H and O–H groups in total. The molecular formula is C19H18N2O3S. The molecule has 0 saturated carbocycles. The first-order valence-corrected chi connectivity index (χ1v) is 8.70. The molecule has 0 fully saturated rings. The quantitative estimate of drug-likeness (QED) is 0.656. The third kappa shape index (κ3) is 3.64. The number of likely N-dealkylation sites (N-methyl/N-ethyl adjacent to an activating group) is 1. The number of rotatable bonds is 5. The fourth-order valence-electron chi connectivity index (χ4n) is 2.47. The lowest BCUT2D eigenvalue weighted by Gasteiger charge is -2.21. The molecule has 1 aromatic carbocycles. The Bertz CT molecular complexity index is 856. The van der Waals surface area contributed by atoms with Gasteiger partial charge in [-0.2, -0.15) is 0 Å². The fraction of sp³-hybridized carbons (Fsp3) is 0.158. The van der Waals surface area contributed by atoms with E-state index in [9.17, 15) is 9.59 Å². The van der Waals surface area contributed by atoms with Crippen LogP contribution in [0.25, 0.3) is 5.69 Å². The molecule has 128 valence electrons. The second kappa shape index (κ2) is 7.36. The Labute approximate surface area is 150 Å². The number of benzene rings is 1. The molecule has 0 bridgehead atoms. The van der Waals surface area contributed by atoms with E-state index in [2.05, 4.69) is 0 Å². The molecular weight excluding hydrogens is 336 g/mol. The van der Waals surface area contributed by atoms with Gasteiger partial charge < -0.3 is 14.2 Å². The Morgan fingerprint density at radius 3 is 2.44 bits per heavy atom. The molecule has 6 heteroatoms. The number of nitrogens with zero attached hydrogens (tertiary/aromatic N) is 2. The standard InChI is InChI=1S/C19H18N2O3S/c1-14(18(22)20(2)15-8-4-3-5-9-15)24-19(23)17-16(10-13-25-17)21-11-6-7-12-21/h3-14H,1-2H3. The second-order valence-corrected chi connectivity index (χ2v) is 6.42. The van der Waals surface area contributed by atoms with E-state index in [1.165, 1.54) is 16.2 Å². The number of anilines is 1. The summed E-state index contributed by atoms with van der Waals surface area (Å²) in [6.45, 7) is 1.59. The smallest absolute Gasteiger partial charge is 0.351 e. The minimum atomic E-state index is -0.877. The van der Waals surface area contributed by atoms with Crippen molar-refractivity contribution < 1.29 is 14.3 Å². The van der Waals surface area contributed by atoms with Crippen LogP contribution in [-0.4, -0.2) is 29.6 Å². The van der Waals surface area contributed by atoms with Crippen molar-refractivity contribution in [2.24, 2.45) is 0 Å². The van der Waals surface area contributed by atoms with Crippen molar-refractivity contribution in [3.05, 3.63) is 71.2 Å². The second-order valence-electron chi connectivity index (χ2n) is 5.51. The van der Waals surface area contributed by atoms with Crippen LogP contribution < -0.4 is 4.90 Å². The van der Waals surface area contributed by atoms with Gasteiger partial charge >= 0.3 is 5.97 Å². The highest BCUT2D eigenvalue weighted by Gasteiger charge is 2.25. The molecule has 25 heavy (non-hydrogen) atoms. The molecule has 1 amide bonds. The van der Waals surface area contributed by atoms with Crippen molar-refractivity contribution in [1.29, 1.82) is 0 Å². The van der Waals surface area contributed by atoms with Crippen molar-refractivity contribution in [3.8, 4) is 5.69 Å². The lowest BCUT2D eigenvalue weighted by molar-refractivity contribution is -0.126. The summed E-state index contributed by atoms with van der Waals surface area (Å²) in [6.07, 6.45) is 2.84. The van der Waals surface area contributed by atoms with E-state index in [4.69, 9.17) is 4.74 Å². The largest absolute Gasteiger partial charge is 0.448 e. The Balaban J connectivity index is 1.71. The molecule has 3 aromatic rings. The number of amides is 1. The van der Waals surface area contributed by atoms with E-state index in [1.807, 2.05) is 70.9 Å². The van der Waals surface area contributed by atoms with Gasteiger partial charge in [0.15, 0.2) is 6.10 Å². The number of ether oxygens (including phenoxy) is 1. The molecule has 0 spiro atoms. The van der Waals surface area contributed by atoms with Crippen LogP contribution in [0.3, 0.4) is 0 Å². The van der Waals surface area contributed by atoms with Crippen LogP contribution in [0.4, 0.5) is 5.69 Å². The SMILES string of the molecule is CC(OC(=O)c1sccc1-n1cccc1)C(=O)N(C)c1ccccc1. The third-order valence-electron chi connectivity index (χ3n) is 3.82. The summed E-state index contributed by atoms with van der Waals surface area (Å²) < 4.78 is 7.25. The van der Waals surface area contributed by atoms with Gasteiger partial charge in [0.05, 0.1) is 5.69 Å². The summed E-state index contributed by atoms with van der Waals surface area (Å²) in [5, 5.41) is 1.83. The van der Waals surface area contributed by atoms with Gasteiger partial charge in [-0.25, -0.2) is 4.79 Å². The first-order valence-electron chi connectivity index (χ1n) is 7.82. The van der Waals surface area contributed by atoms with Gasteiger partial charge in [0.2, 0.25) is 0 Å². The Morgan fingerprint density at radius 1 is 1.08 bits per heavy atom. The zero-order chi connectivity index (χ0) is 17.8. The summed E-state index contributed by atoms with van der Waals surface area (Å²) in [5.41, 5.74) is 1.50. The van der Waals surface area contributed by atoms with Crippen LogP contribution in [0, 0.1) is 0 Å². The van der Waals surface area contributed by atoms with Crippen LogP contribution >= 0.6 is 11.3 Å². The fourth-order valence-corrected chi connectivity index (χ4v) is 3.24. The summed E-state index contributed by atoms with van der Waals surface area (Å²) in [4.78, 5) is 27.0. The predicted molar refractivity (Wildman–Crippen MR) is 98.4 cm³/mol. The number of hydrogen-bond acceptors (Lipinski definition) is 4. The van der Waals surface area contributed by atoms with Crippen LogP contribution in [0.15, 0.2) is 66.3 Å². The van der Waals surface area contributed by atoms with Gasteiger partial charge in [0, 0.05) is 25.1 Å². The number of esters is 1. The monoisotopic (exact) mass is 354 g/mol. The van der Waals surface area contributed by atoms with Crippen molar-refractivity contribution in [3.63, 3.8) is 0 Å². The van der Waals surface area contributed by atoms with E-state index in [-0.39, 0.29) is 5.91 Å². The summed E-state index contributed by atoms with van der Waals surface area (Å²) in [7, 11) is 1.67. The first kappa shape index (κ1) is 17.0. The van der Waals surface area contributed by atoms with E-state index < -0.39 is 12.1 Å². The Hall–Kier alpha value is -2.86. The molecule has 0 radical (unpaired) electrons. The molecule has 1 unspecified atom stereocenters. The molecule has 3 rings (SSSR count). The normalized spacial score (nSPS) is 11.8. The lowest BCUT2D eigenvalue weighted by Crippen LogP contribution is -2.37. The number of para-hydroxylation sites is 1. The van der Waals surface area contributed by atoms with E-state index in [0.29, 0.717) is 4.88 Å². The zero-order valence-corrected chi connectivity index (χ0v) is 14.8. The predicted octanol–water partition coefficient (Wildman–Crippen LogP) is 3.75. The van der Waals surface area contributed by atoms with Crippen molar-refractivity contribution in [1.82, 2.24) is 4.57 Å². The van der Waals surface area contributed by atoms with Crippen molar-refractivity contribution in [2.75, 3.05) is 11.9 Å². The van der Waals surface area contributed by atoms with Crippen LogP contribution in [0.2, 0.25) is 0 Å². The molecule has 2 aromatic heterocycles. The van der Waals surface area contributed by atoms with E-state index in [0.717, 1.165) is 11.4 Å². The maximum Gasteiger partial charge on any atom is 0.351 e. The van der Waals surface area contributed by atoms with E-state index in [1.54, 1.807) is 14.0 Å². The van der Waals surface area contributed by atoms with E-state index >= 15 is 0 Å². The van der Waals surface area contributed by atoms with Crippen LogP contribution in [-0.2, 0) is 9.53 Å². The summed E-state index contributed by atoms with van der Waals surface area (Å²) >= 11 is 1.29.